The number of hydrogen-bond acceptors (Lipinski definition) is 3. The second-order valence-electron chi connectivity index (χ2n) is 3.35. The Kier molecular flexibility index (Phi) is 3.26. The molecule has 3 nitrogen and oxygen atoms in total. The van der Waals surface area contributed by atoms with Crippen LogP contribution >= 0.6 is 11.8 Å². The number of imidazole rings is 1. The molecule has 0 aliphatic heterocycles. The monoisotopic (exact) mass is 237 g/mol. The van der Waals surface area contributed by atoms with Gasteiger partial charge in [0.05, 0.1) is 4.90 Å². The highest BCUT2D eigenvalue weighted by atomic mass is 32.2. The zero-order valence-corrected chi connectivity index (χ0v) is 9.67. The minimum atomic E-state index is -0.254. The van der Waals surface area contributed by atoms with Crippen LogP contribution in [0, 0.1) is 5.82 Å². The molecule has 16 heavy (non-hydrogen) atoms. The summed E-state index contributed by atoms with van der Waals surface area (Å²) in [6.45, 7) is 0.324. The van der Waals surface area contributed by atoms with Gasteiger partial charge in [-0.15, -0.1) is 0 Å². The summed E-state index contributed by atoms with van der Waals surface area (Å²) in [5.41, 5.74) is 6.38. The predicted octanol–water partition coefficient (Wildman–Crippen LogP) is 2.17. The molecule has 0 atom stereocenters. The molecule has 0 fully saturated rings. The molecule has 0 radical (unpaired) electrons. The highest BCUT2D eigenvalue weighted by Gasteiger charge is 2.11. The van der Waals surface area contributed by atoms with Crippen molar-refractivity contribution in [1.82, 2.24) is 9.55 Å². The van der Waals surface area contributed by atoms with Crippen LogP contribution < -0.4 is 5.73 Å². The van der Waals surface area contributed by atoms with E-state index in [1.54, 1.807) is 12.3 Å². The summed E-state index contributed by atoms with van der Waals surface area (Å²) in [6, 6.07) is 4.93. The molecule has 0 saturated carbocycles. The lowest BCUT2D eigenvalue weighted by molar-refractivity contribution is 0.596. The van der Waals surface area contributed by atoms with Crippen LogP contribution in [0.25, 0.3) is 0 Å². The molecule has 2 aromatic rings. The lowest BCUT2D eigenvalue weighted by Crippen LogP contribution is -2.00. The Morgan fingerprint density at radius 1 is 1.50 bits per heavy atom. The molecule has 0 aliphatic rings. The van der Waals surface area contributed by atoms with Gasteiger partial charge in [0.25, 0.3) is 0 Å². The molecule has 0 spiro atoms. The molecule has 0 amide bonds. The zero-order chi connectivity index (χ0) is 11.5. The third-order valence-electron chi connectivity index (χ3n) is 2.24. The summed E-state index contributed by atoms with van der Waals surface area (Å²) in [7, 11) is 1.87. The van der Waals surface area contributed by atoms with Crippen molar-refractivity contribution in [3.8, 4) is 0 Å². The summed E-state index contributed by atoms with van der Waals surface area (Å²) in [5, 5.41) is 0.750. The first-order valence-electron chi connectivity index (χ1n) is 4.85. The van der Waals surface area contributed by atoms with E-state index in [9.17, 15) is 4.39 Å². The fraction of sp³-hybridized carbons (Fsp3) is 0.182. The van der Waals surface area contributed by atoms with Crippen molar-refractivity contribution >= 4 is 11.8 Å². The number of nitrogens with two attached hydrogens (primary N) is 1. The van der Waals surface area contributed by atoms with Crippen LogP contribution in [0.15, 0.2) is 40.6 Å². The second kappa shape index (κ2) is 4.67. The van der Waals surface area contributed by atoms with E-state index in [1.165, 1.54) is 17.8 Å². The van der Waals surface area contributed by atoms with E-state index in [4.69, 9.17) is 5.73 Å². The van der Waals surface area contributed by atoms with Gasteiger partial charge in [-0.25, -0.2) is 9.37 Å². The molecule has 1 aromatic carbocycles. The number of hydrogen-bond donors (Lipinski definition) is 1. The molecular formula is C11H12FN3S. The Balaban J connectivity index is 2.37. The standard InChI is InChI=1S/C11H12FN3S/c1-15-6-5-14-11(15)16-10-8(7-13)3-2-4-9(10)12/h2-6H,7,13H2,1H3. The number of nitrogens with zero attached hydrogens (tertiary/aromatic N) is 2. The van der Waals surface area contributed by atoms with Gasteiger partial charge in [0.15, 0.2) is 5.16 Å². The van der Waals surface area contributed by atoms with Crippen molar-refractivity contribution in [2.24, 2.45) is 12.8 Å². The Hall–Kier alpha value is -1.33. The number of aromatic nitrogens is 2. The van der Waals surface area contributed by atoms with Gasteiger partial charge in [-0.05, 0) is 23.4 Å². The van der Waals surface area contributed by atoms with Crippen molar-refractivity contribution in [2.75, 3.05) is 0 Å². The first-order valence-corrected chi connectivity index (χ1v) is 5.66. The number of rotatable bonds is 3. The average Bonchev–Trinajstić information content (AvgIpc) is 2.67. The summed E-state index contributed by atoms with van der Waals surface area (Å²) < 4.78 is 15.5. The molecule has 0 bridgehead atoms. The van der Waals surface area contributed by atoms with Crippen LogP contribution in [0.4, 0.5) is 4.39 Å². The summed E-state index contributed by atoms with van der Waals surface area (Å²) in [4.78, 5) is 4.70. The van der Waals surface area contributed by atoms with Crippen LogP contribution in [0.3, 0.4) is 0 Å². The fourth-order valence-corrected chi connectivity index (χ4v) is 2.32. The third kappa shape index (κ3) is 2.10. The maximum atomic E-state index is 13.6. The predicted molar refractivity (Wildman–Crippen MR) is 61.6 cm³/mol. The Morgan fingerprint density at radius 2 is 2.31 bits per heavy atom. The van der Waals surface area contributed by atoms with Crippen LogP contribution in [0.2, 0.25) is 0 Å². The first-order chi connectivity index (χ1) is 7.72. The van der Waals surface area contributed by atoms with Crippen molar-refractivity contribution < 1.29 is 4.39 Å². The largest absolute Gasteiger partial charge is 0.329 e. The van der Waals surface area contributed by atoms with E-state index < -0.39 is 0 Å². The molecule has 0 aliphatic carbocycles. The van der Waals surface area contributed by atoms with Gasteiger partial charge in [-0.1, -0.05) is 12.1 Å². The number of halogens is 1. The lowest BCUT2D eigenvalue weighted by atomic mass is 10.2. The Bertz CT molecular complexity index is 496. The van der Waals surface area contributed by atoms with Crippen molar-refractivity contribution in [1.29, 1.82) is 0 Å². The molecule has 0 saturated heterocycles. The van der Waals surface area contributed by atoms with Crippen molar-refractivity contribution in [3.05, 3.63) is 42.0 Å². The highest BCUT2D eigenvalue weighted by molar-refractivity contribution is 7.99. The summed E-state index contributed by atoms with van der Waals surface area (Å²) in [6.07, 6.45) is 3.51. The minimum Gasteiger partial charge on any atom is -0.329 e. The zero-order valence-electron chi connectivity index (χ0n) is 8.85. The average molecular weight is 237 g/mol. The van der Waals surface area contributed by atoms with Gasteiger partial charge in [0, 0.05) is 26.0 Å². The first kappa shape index (κ1) is 11.2. The third-order valence-corrected chi connectivity index (χ3v) is 3.48. The fourth-order valence-electron chi connectivity index (χ4n) is 1.37. The smallest absolute Gasteiger partial charge is 0.172 e. The topological polar surface area (TPSA) is 43.8 Å². The van der Waals surface area contributed by atoms with E-state index in [-0.39, 0.29) is 5.82 Å². The lowest BCUT2D eigenvalue weighted by Gasteiger charge is -2.07. The maximum absolute atomic E-state index is 13.6. The number of benzene rings is 1. The molecule has 84 valence electrons. The molecule has 2 rings (SSSR count). The Labute approximate surface area is 97.5 Å². The Morgan fingerprint density at radius 3 is 2.94 bits per heavy atom. The number of aryl methyl sites for hydroxylation is 1. The molecule has 2 N–H and O–H groups in total. The normalized spacial score (nSPS) is 10.7. The van der Waals surface area contributed by atoms with E-state index in [2.05, 4.69) is 4.98 Å². The van der Waals surface area contributed by atoms with Crippen LogP contribution in [-0.4, -0.2) is 9.55 Å². The van der Waals surface area contributed by atoms with Gasteiger partial charge >= 0.3 is 0 Å². The van der Waals surface area contributed by atoms with E-state index in [0.29, 0.717) is 11.4 Å². The van der Waals surface area contributed by atoms with Crippen molar-refractivity contribution in [3.63, 3.8) is 0 Å². The second-order valence-corrected chi connectivity index (χ2v) is 4.33. The van der Waals surface area contributed by atoms with Crippen LogP contribution in [-0.2, 0) is 13.6 Å². The van der Waals surface area contributed by atoms with Crippen LogP contribution in [0.5, 0.6) is 0 Å². The summed E-state index contributed by atoms with van der Waals surface area (Å²) >= 11 is 1.30. The van der Waals surface area contributed by atoms with Gasteiger partial charge < -0.3 is 10.3 Å². The molecular weight excluding hydrogens is 225 g/mol. The van der Waals surface area contributed by atoms with Crippen LogP contribution in [0.1, 0.15) is 5.56 Å². The molecule has 0 unspecified atom stereocenters. The van der Waals surface area contributed by atoms with Gasteiger partial charge in [-0.2, -0.15) is 0 Å². The minimum absolute atomic E-state index is 0.254. The molecule has 5 heteroatoms. The summed E-state index contributed by atoms with van der Waals surface area (Å²) in [5.74, 6) is -0.254. The quantitative estimate of drug-likeness (QED) is 0.889. The van der Waals surface area contributed by atoms with E-state index in [0.717, 1.165) is 10.7 Å². The van der Waals surface area contributed by atoms with E-state index >= 15 is 0 Å². The molecule has 1 aromatic heterocycles. The van der Waals surface area contributed by atoms with Gasteiger partial charge in [0.1, 0.15) is 5.82 Å². The highest BCUT2D eigenvalue weighted by Crippen LogP contribution is 2.31. The van der Waals surface area contributed by atoms with Gasteiger partial charge in [-0.3, -0.25) is 0 Å². The van der Waals surface area contributed by atoms with E-state index in [1.807, 2.05) is 23.9 Å². The van der Waals surface area contributed by atoms with Gasteiger partial charge in [0.2, 0.25) is 0 Å². The maximum Gasteiger partial charge on any atom is 0.172 e. The van der Waals surface area contributed by atoms with Crippen molar-refractivity contribution in [2.45, 2.75) is 16.6 Å². The SMILES string of the molecule is Cn1ccnc1Sc1c(F)cccc1CN. The molecule has 1 heterocycles.